The number of nitrogens with zero attached hydrogens (tertiary/aromatic N) is 2. The van der Waals surface area contributed by atoms with Crippen molar-refractivity contribution in [3.05, 3.63) is 28.8 Å². The van der Waals surface area contributed by atoms with Crippen molar-refractivity contribution in [3.63, 3.8) is 0 Å². The molecule has 2 rings (SSSR count). The first-order chi connectivity index (χ1) is 11.9. The van der Waals surface area contributed by atoms with Crippen molar-refractivity contribution in [1.29, 1.82) is 0 Å². The van der Waals surface area contributed by atoms with E-state index in [0.717, 1.165) is 28.9 Å². The van der Waals surface area contributed by atoms with Gasteiger partial charge in [-0.2, -0.15) is 0 Å². The van der Waals surface area contributed by atoms with Gasteiger partial charge in [0.15, 0.2) is 0 Å². The van der Waals surface area contributed by atoms with Crippen molar-refractivity contribution in [2.24, 2.45) is 0 Å². The Balaban J connectivity index is 2.14. The van der Waals surface area contributed by atoms with Crippen molar-refractivity contribution in [3.8, 4) is 5.75 Å². The van der Waals surface area contributed by atoms with E-state index in [2.05, 4.69) is 13.8 Å². The van der Waals surface area contributed by atoms with Gasteiger partial charge in [0.2, 0.25) is 5.91 Å². The zero-order valence-corrected chi connectivity index (χ0v) is 16.1. The van der Waals surface area contributed by atoms with Gasteiger partial charge in [-0.25, -0.2) is 0 Å². The predicted octanol–water partition coefficient (Wildman–Crippen LogP) is 3.21. The van der Waals surface area contributed by atoms with Gasteiger partial charge in [0.25, 0.3) is 5.91 Å². The number of amides is 2. The molecule has 0 spiro atoms. The Morgan fingerprint density at radius 3 is 2.24 bits per heavy atom. The third kappa shape index (κ3) is 4.33. The van der Waals surface area contributed by atoms with Crippen LogP contribution in [0.3, 0.4) is 0 Å². The summed E-state index contributed by atoms with van der Waals surface area (Å²) in [4.78, 5) is 28.7. The maximum absolute atomic E-state index is 13.0. The molecule has 0 saturated carbocycles. The van der Waals surface area contributed by atoms with E-state index in [9.17, 15) is 9.59 Å². The molecule has 1 saturated heterocycles. The minimum Gasteiger partial charge on any atom is -0.496 e. The van der Waals surface area contributed by atoms with E-state index in [4.69, 9.17) is 4.74 Å². The highest BCUT2D eigenvalue weighted by molar-refractivity contribution is 5.96. The molecule has 0 aliphatic carbocycles. The van der Waals surface area contributed by atoms with E-state index in [-0.39, 0.29) is 17.7 Å². The van der Waals surface area contributed by atoms with Crippen LogP contribution in [0.1, 0.15) is 61.0 Å². The Kier molecular flexibility index (Phi) is 6.45. The maximum atomic E-state index is 13.0. The molecule has 0 radical (unpaired) electrons. The lowest BCUT2D eigenvalue weighted by Crippen LogP contribution is -2.50. The smallest absolute Gasteiger partial charge is 0.254 e. The second-order valence-electron chi connectivity index (χ2n) is 6.99. The number of carbonyl (C=O) groups is 2. The van der Waals surface area contributed by atoms with Gasteiger partial charge >= 0.3 is 0 Å². The van der Waals surface area contributed by atoms with Crippen LogP contribution in [0.4, 0.5) is 0 Å². The molecule has 1 fully saturated rings. The van der Waals surface area contributed by atoms with E-state index in [0.29, 0.717) is 32.6 Å². The number of rotatable bonds is 5. The summed E-state index contributed by atoms with van der Waals surface area (Å²) in [5.41, 5.74) is 2.71. The fourth-order valence-corrected chi connectivity index (χ4v) is 3.26. The third-order valence-electron chi connectivity index (χ3n) is 4.81. The fourth-order valence-electron chi connectivity index (χ4n) is 3.26. The molecule has 5 nitrogen and oxygen atoms in total. The average Bonchev–Trinajstić information content (AvgIpc) is 2.60. The number of piperazine rings is 1. The Bertz CT molecular complexity index is 632. The van der Waals surface area contributed by atoms with E-state index in [1.807, 2.05) is 35.8 Å². The second-order valence-corrected chi connectivity index (χ2v) is 6.99. The van der Waals surface area contributed by atoms with E-state index in [1.54, 1.807) is 7.11 Å². The highest BCUT2D eigenvalue weighted by Gasteiger charge is 2.26. The molecule has 0 unspecified atom stereocenters. The molecular formula is C20H30N2O3. The van der Waals surface area contributed by atoms with Crippen molar-refractivity contribution in [1.82, 2.24) is 9.80 Å². The summed E-state index contributed by atoms with van der Waals surface area (Å²) in [6.07, 6.45) is 1.45. The highest BCUT2D eigenvalue weighted by atomic mass is 16.5. The van der Waals surface area contributed by atoms with Crippen LogP contribution in [0, 0.1) is 6.92 Å². The lowest BCUT2D eigenvalue weighted by Gasteiger charge is -2.35. The number of benzene rings is 1. The Morgan fingerprint density at radius 1 is 1.12 bits per heavy atom. The van der Waals surface area contributed by atoms with Gasteiger partial charge in [-0.3, -0.25) is 9.59 Å². The molecule has 0 aromatic heterocycles. The summed E-state index contributed by atoms with van der Waals surface area (Å²) in [5.74, 6) is 1.35. The molecule has 5 heteroatoms. The standard InChI is InChI=1S/C20H30N2O3/c1-6-7-19(23)21-8-10-22(11-9-21)20(24)17-13-16(14(2)3)18(25-5)12-15(17)4/h12-14H,6-11H2,1-5H3. The number of aryl methyl sites for hydroxylation is 1. The number of ether oxygens (including phenoxy) is 1. The van der Waals surface area contributed by atoms with E-state index in [1.165, 1.54) is 0 Å². The van der Waals surface area contributed by atoms with Crippen molar-refractivity contribution >= 4 is 11.8 Å². The number of methoxy groups -OCH3 is 1. The molecule has 1 heterocycles. The molecule has 1 aliphatic rings. The van der Waals surface area contributed by atoms with Crippen LogP contribution in [-0.4, -0.2) is 54.9 Å². The third-order valence-corrected chi connectivity index (χ3v) is 4.81. The van der Waals surface area contributed by atoms with Gasteiger partial charge in [-0.15, -0.1) is 0 Å². The van der Waals surface area contributed by atoms with Crippen LogP contribution in [0.5, 0.6) is 5.75 Å². The van der Waals surface area contributed by atoms with Crippen LogP contribution in [0.15, 0.2) is 12.1 Å². The Morgan fingerprint density at radius 2 is 1.72 bits per heavy atom. The fraction of sp³-hybridized carbons (Fsp3) is 0.600. The van der Waals surface area contributed by atoms with Crippen LogP contribution >= 0.6 is 0 Å². The van der Waals surface area contributed by atoms with Crippen LogP contribution in [0.25, 0.3) is 0 Å². The molecular weight excluding hydrogens is 316 g/mol. The first-order valence-corrected chi connectivity index (χ1v) is 9.14. The van der Waals surface area contributed by atoms with Crippen molar-refractivity contribution in [2.75, 3.05) is 33.3 Å². The quantitative estimate of drug-likeness (QED) is 0.822. The topological polar surface area (TPSA) is 49.9 Å². The van der Waals surface area contributed by atoms with Gasteiger partial charge in [0, 0.05) is 38.2 Å². The lowest BCUT2D eigenvalue weighted by molar-refractivity contribution is -0.132. The normalized spacial score (nSPS) is 14.8. The SMILES string of the molecule is CCCC(=O)N1CCN(C(=O)c2cc(C(C)C)c(OC)cc2C)CC1. The molecule has 0 bridgehead atoms. The highest BCUT2D eigenvalue weighted by Crippen LogP contribution is 2.30. The number of carbonyl (C=O) groups excluding carboxylic acids is 2. The van der Waals surface area contributed by atoms with Gasteiger partial charge in [-0.05, 0) is 42.5 Å². The molecule has 1 aromatic rings. The first kappa shape index (κ1) is 19.3. The van der Waals surface area contributed by atoms with Gasteiger partial charge in [0.1, 0.15) is 5.75 Å². The van der Waals surface area contributed by atoms with Crippen LogP contribution in [0.2, 0.25) is 0 Å². The molecule has 0 N–H and O–H groups in total. The van der Waals surface area contributed by atoms with Crippen LogP contribution < -0.4 is 4.74 Å². The maximum Gasteiger partial charge on any atom is 0.254 e. The number of hydrogen-bond donors (Lipinski definition) is 0. The minimum atomic E-state index is 0.0460. The van der Waals surface area contributed by atoms with Gasteiger partial charge in [0.05, 0.1) is 7.11 Å². The molecule has 1 aromatic carbocycles. The number of hydrogen-bond acceptors (Lipinski definition) is 3. The molecule has 1 aliphatic heterocycles. The van der Waals surface area contributed by atoms with E-state index >= 15 is 0 Å². The summed E-state index contributed by atoms with van der Waals surface area (Å²) in [6.45, 7) is 10.6. The lowest BCUT2D eigenvalue weighted by atomic mass is 9.95. The molecule has 25 heavy (non-hydrogen) atoms. The predicted molar refractivity (Wildman–Crippen MR) is 99.2 cm³/mol. The zero-order valence-electron chi connectivity index (χ0n) is 16.1. The molecule has 0 atom stereocenters. The summed E-state index contributed by atoms with van der Waals surface area (Å²) in [7, 11) is 1.66. The Hall–Kier alpha value is -2.04. The summed E-state index contributed by atoms with van der Waals surface area (Å²) in [5, 5.41) is 0. The Labute approximate surface area is 150 Å². The van der Waals surface area contributed by atoms with Crippen molar-refractivity contribution in [2.45, 2.75) is 46.5 Å². The molecule has 138 valence electrons. The average molecular weight is 346 g/mol. The second kappa shape index (κ2) is 8.37. The monoisotopic (exact) mass is 346 g/mol. The van der Waals surface area contributed by atoms with Gasteiger partial charge < -0.3 is 14.5 Å². The van der Waals surface area contributed by atoms with E-state index < -0.39 is 0 Å². The molecule has 2 amide bonds. The summed E-state index contributed by atoms with van der Waals surface area (Å²) >= 11 is 0. The zero-order chi connectivity index (χ0) is 18.6. The van der Waals surface area contributed by atoms with Crippen molar-refractivity contribution < 1.29 is 14.3 Å². The first-order valence-electron chi connectivity index (χ1n) is 9.14. The summed E-state index contributed by atoms with van der Waals surface area (Å²) < 4.78 is 5.46. The largest absolute Gasteiger partial charge is 0.496 e. The minimum absolute atomic E-state index is 0.0460. The summed E-state index contributed by atoms with van der Waals surface area (Å²) in [6, 6.07) is 3.92. The van der Waals surface area contributed by atoms with Crippen LogP contribution in [-0.2, 0) is 4.79 Å². The van der Waals surface area contributed by atoms with Gasteiger partial charge in [-0.1, -0.05) is 20.8 Å².